The van der Waals surface area contributed by atoms with Gasteiger partial charge in [-0.05, 0) is 25.2 Å². The molecule has 0 saturated heterocycles. The van der Waals surface area contributed by atoms with Crippen molar-refractivity contribution in [2.24, 2.45) is 10.9 Å². The monoisotopic (exact) mass is 329 g/mol. The summed E-state index contributed by atoms with van der Waals surface area (Å²) in [5.74, 6) is 0.585. The minimum Gasteiger partial charge on any atom is -0.309 e. The molecule has 0 unspecified atom stereocenters. The van der Waals surface area contributed by atoms with E-state index >= 15 is 0 Å². The van der Waals surface area contributed by atoms with Crippen molar-refractivity contribution in [3.8, 4) is 0 Å². The van der Waals surface area contributed by atoms with Crippen molar-refractivity contribution in [3.63, 3.8) is 0 Å². The molecule has 0 aliphatic heterocycles. The number of aromatic nitrogens is 2. The number of guanidine groups is 1. The van der Waals surface area contributed by atoms with E-state index in [1.807, 2.05) is 5.10 Å². The molecule has 3 rings (SSSR count). The number of carbonyl (C=O) groups excluding carboxylic acids is 1. The number of amides is 1. The van der Waals surface area contributed by atoms with Crippen molar-refractivity contribution in [3.05, 3.63) is 11.8 Å². The van der Waals surface area contributed by atoms with E-state index in [1.54, 1.807) is 0 Å². The summed E-state index contributed by atoms with van der Waals surface area (Å²) in [5, 5.41) is 10.8. The zero-order valence-electron chi connectivity index (χ0n) is 12.4. The van der Waals surface area contributed by atoms with E-state index in [9.17, 15) is 18.0 Å². The lowest BCUT2D eigenvalue weighted by molar-refractivity contribution is -0.141. The van der Waals surface area contributed by atoms with Gasteiger partial charge in [0.2, 0.25) is 11.9 Å². The summed E-state index contributed by atoms with van der Waals surface area (Å²) in [4.78, 5) is 16.2. The second-order valence-electron chi connectivity index (χ2n) is 6.03. The second kappa shape index (κ2) is 6.21. The lowest BCUT2D eigenvalue weighted by atomic mass is 10.2. The van der Waals surface area contributed by atoms with Crippen molar-refractivity contribution in [2.75, 3.05) is 5.32 Å². The first-order chi connectivity index (χ1) is 10.9. The van der Waals surface area contributed by atoms with Crippen LogP contribution in [0.25, 0.3) is 0 Å². The topological polar surface area (TPSA) is 82.2 Å². The number of halogens is 3. The Bertz CT molecular complexity index is 602. The summed E-state index contributed by atoms with van der Waals surface area (Å²) >= 11 is 0. The molecule has 1 heterocycles. The highest BCUT2D eigenvalue weighted by molar-refractivity contribution is 6.03. The molecule has 9 heteroatoms. The van der Waals surface area contributed by atoms with Crippen molar-refractivity contribution in [1.29, 1.82) is 0 Å². The highest BCUT2D eigenvalue weighted by atomic mass is 19.4. The Hall–Kier alpha value is -2.06. The summed E-state index contributed by atoms with van der Waals surface area (Å²) < 4.78 is 37.7. The van der Waals surface area contributed by atoms with E-state index in [2.05, 4.69) is 20.7 Å². The third kappa shape index (κ3) is 4.97. The lowest BCUT2D eigenvalue weighted by Crippen LogP contribution is -2.36. The van der Waals surface area contributed by atoms with Gasteiger partial charge < -0.3 is 5.32 Å². The van der Waals surface area contributed by atoms with Crippen LogP contribution < -0.4 is 10.6 Å². The van der Waals surface area contributed by atoms with Gasteiger partial charge in [0.15, 0.2) is 5.82 Å². The zero-order chi connectivity index (χ0) is 16.4. The number of anilines is 1. The van der Waals surface area contributed by atoms with Crippen molar-refractivity contribution >= 4 is 17.7 Å². The van der Waals surface area contributed by atoms with Crippen LogP contribution in [0.15, 0.2) is 11.1 Å². The van der Waals surface area contributed by atoms with Gasteiger partial charge in [0.25, 0.3) is 0 Å². The lowest BCUT2D eigenvalue weighted by Gasteiger charge is -2.09. The Morgan fingerprint density at radius 3 is 2.65 bits per heavy atom. The molecule has 0 radical (unpaired) electrons. The number of alkyl halides is 3. The number of aliphatic imine (C=N–C) groups is 1. The molecule has 126 valence electrons. The fourth-order valence-corrected chi connectivity index (χ4v) is 2.07. The van der Waals surface area contributed by atoms with Gasteiger partial charge in [-0.25, -0.2) is 4.99 Å². The number of aromatic amines is 1. The van der Waals surface area contributed by atoms with Crippen LogP contribution in [0.3, 0.4) is 0 Å². The maximum atomic E-state index is 12.6. The first-order valence-electron chi connectivity index (χ1n) is 7.67. The highest BCUT2D eigenvalue weighted by Gasteiger charge is 2.33. The Balaban J connectivity index is 1.59. The molecule has 0 bridgehead atoms. The first kappa shape index (κ1) is 15.8. The SMILES string of the molecule is O=C(CCC1CC1)NC(=NC1CC1)Nc1cc(C(F)(F)F)[nH]n1. The van der Waals surface area contributed by atoms with Gasteiger partial charge in [0.1, 0.15) is 5.69 Å². The largest absolute Gasteiger partial charge is 0.432 e. The molecule has 0 aromatic carbocycles. The summed E-state index contributed by atoms with van der Waals surface area (Å²) in [6.45, 7) is 0. The molecule has 1 aromatic heterocycles. The van der Waals surface area contributed by atoms with Crippen LogP contribution in [0.1, 0.15) is 44.2 Å². The number of hydrogen-bond donors (Lipinski definition) is 3. The fraction of sp³-hybridized carbons (Fsp3) is 0.643. The van der Waals surface area contributed by atoms with E-state index in [1.165, 1.54) is 12.8 Å². The van der Waals surface area contributed by atoms with Crippen molar-refractivity contribution < 1.29 is 18.0 Å². The van der Waals surface area contributed by atoms with Gasteiger partial charge in [-0.2, -0.15) is 18.3 Å². The summed E-state index contributed by atoms with van der Waals surface area (Å²) in [6, 6.07) is 0.959. The molecular weight excluding hydrogens is 311 g/mol. The van der Waals surface area contributed by atoms with Crippen molar-refractivity contribution in [2.45, 2.75) is 50.7 Å². The third-order valence-electron chi connectivity index (χ3n) is 3.72. The van der Waals surface area contributed by atoms with Gasteiger partial charge in [-0.3, -0.25) is 15.2 Å². The predicted molar refractivity (Wildman–Crippen MR) is 77.8 cm³/mol. The quantitative estimate of drug-likeness (QED) is 0.574. The number of rotatable bonds is 5. The van der Waals surface area contributed by atoms with Gasteiger partial charge in [-0.15, -0.1) is 0 Å². The van der Waals surface area contributed by atoms with E-state index < -0.39 is 11.9 Å². The van der Waals surface area contributed by atoms with Crippen LogP contribution in [0.2, 0.25) is 0 Å². The van der Waals surface area contributed by atoms with E-state index in [4.69, 9.17) is 0 Å². The normalized spacial score (nSPS) is 18.8. The number of carbonyl (C=O) groups is 1. The fourth-order valence-electron chi connectivity index (χ4n) is 2.07. The predicted octanol–water partition coefficient (Wildman–Crippen LogP) is 2.67. The highest BCUT2D eigenvalue weighted by Crippen LogP contribution is 2.33. The third-order valence-corrected chi connectivity index (χ3v) is 3.72. The van der Waals surface area contributed by atoms with Crippen LogP contribution >= 0.6 is 0 Å². The van der Waals surface area contributed by atoms with Crippen LogP contribution in [0, 0.1) is 5.92 Å². The van der Waals surface area contributed by atoms with E-state index in [0.717, 1.165) is 25.3 Å². The molecule has 0 spiro atoms. The molecule has 2 saturated carbocycles. The molecule has 1 amide bonds. The summed E-state index contributed by atoms with van der Waals surface area (Å²) in [7, 11) is 0. The molecule has 0 atom stereocenters. The standard InChI is InChI=1S/C14H18F3N5O/c15-14(16,17)10-7-11(22-21-10)19-13(18-9-4-5-9)20-12(23)6-3-8-1-2-8/h7-9H,1-6H2,(H3,18,19,20,21,22,23). The Morgan fingerprint density at radius 2 is 2.09 bits per heavy atom. The van der Waals surface area contributed by atoms with Gasteiger partial charge in [0, 0.05) is 12.5 Å². The minimum absolute atomic E-state index is 0.0285. The molecule has 6 nitrogen and oxygen atoms in total. The van der Waals surface area contributed by atoms with E-state index in [-0.39, 0.29) is 23.7 Å². The van der Waals surface area contributed by atoms with Gasteiger partial charge in [-0.1, -0.05) is 12.8 Å². The van der Waals surface area contributed by atoms with Crippen LogP contribution in [0.4, 0.5) is 19.0 Å². The molecule has 2 aliphatic rings. The van der Waals surface area contributed by atoms with Gasteiger partial charge in [0.05, 0.1) is 6.04 Å². The average molecular weight is 329 g/mol. The van der Waals surface area contributed by atoms with Crippen LogP contribution in [-0.2, 0) is 11.0 Å². The number of nitrogens with zero attached hydrogens (tertiary/aromatic N) is 2. The first-order valence-corrected chi connectivity index (χ1v) is 7.67. The summed E-state index contributed by atoms with van der Waals surface area (Å²) in [6.07, 6.45) is 0.904. The zero-order valence-corrected chi connectivity index (χ0v) is 12.4. The smallest absolute Gasteiger partial charge is 0.309 e. The maximum absolute atomic E-state index is 12.6. The molecule has 2 aliphatic carbocycles. The van der Waals surface area contributed by atoms with Crippen LogP contribution in [-0.4, -0.2) is 28.1 Å². The maximum Gasteiger partial charge on any atom is 0.432 e. The Kier molecular flexibility index (Phi) is 4.27. The molecule has 3 N–H and O–H groups in total. The molecular formula is C14H18F3N5O. The molecule has 1 aromatic rings. The van der Waals surface area contributed by atoms with Gasteiger partial charge >= 0.3 is 6.18 Å². The Morgan fingerprint density at radius 1 is 1.35 bits per heavy atom. The Labute approximate surface area is 130 Å². The van der Waals surface area contributed by atoms with E-state index in [0.29, 0.717) is 12.3 Å². The molecule has 2 fully saturated rings. The second-order valence-corrected chi connectivity index (χ2v) is 6.03. The average Bonchev–Trinajstić information content (AvgIpc) is 3.37. The molecule has 23 heavy (non-hydrogen) atoms. The van der Waals surface area contributed by atoms with Crippen molar-refractivity contribution in [1.82, 2.24) is 15.5 Å². The van der Waals surface area contributed by atoms with Crippen LogP contribution in [0.5, 0.6) is 0 Å². The number of hydrogen-bond acceptors (Lipinski definition) is 3. The minimum atomic E-state index is -4.49. The summed E-state index contributed by atoms with van der Waals surface area (Å²) in [5.41, 5.74) is -0.953. The number of H-pyrrole nitrogens is 1. The number of nitrogens with one attached hydrogen (secondary N) is 3.